The first-order chi connectivity index (χ1) is 12.8. The summed E-state index contributed by atoms with van der Waals surface area (Å²) in [6.45, 7) is 0.531. The van der Waals surface area contributed by atoms with Gasteiger partial charge in [0.25, 0.3) is 0 Å². The lowest BCUT2D eigenvalue weighted by Gasteiger charge is -2.11. The van der Waals surface area contributed by atoms with Crippen LogP contribution in [-0.4, -0.2) is 21.5 Å². The Hall–Kier alpha value is -3.38. The second kappa shape index (κ2) is 6.85. The first kappa shape index (κ1) is 16.1. The van der Waals surface area contributed by atoms with E-state index >= 15 is 0 Å². The van der Waals surface area contributed by atoms with Crippen molar-refractivity contribution in [2.24, 2.45) is 5.73 Å². The molecule has 26 heavy (non-hydrogen) atoms. The van der Waals surface area contributed by atoms with Gasteiger partial charge >= 0.3 is 0 Å². The Bertz CT molecular complexity index is 1020. The third-order valence-corrected chi connectivity index (χ3v) is 4.27. The van der Waals surface area contributed by atoms with Crippen LogP contribution in [0.2, 0.25) is 0 Å². The molecule has 0 aliphatic carbocycles. The molecule has 0 aliphatic heterocycles. The summed E-state index contributed by atoms with van der Waals surface area (Å²) < 4.78 is 7.21. The van der Waals surface area contributed by atoms with Crippen molar-refractivity contribution in [3.8, 4) is 17.0 Å². The van der Waals surface area contributed by atoms with E-state index in [9.17, 15) is 0 Å². The van der Waals surface area contributed by atoms with E-state index in [1.54, 1.807) is 13.3 Å². The monoisotopic (exact) mass is 345 g/mol. The maximum absolute atomic E-state index is 5.68. The second-order valence-electron chi connectivity index (χ2n) is 5.87. The van der Waals surface area contributed by atoms with Crippen LogP contribution in [0.3, 0.4) is 0 Å². The number of benzene rings is 2. The van der Waals surface area contributed by atoms with Crippen molar-refractivity contribution in [2.75, 3.05) is 12.4 Å². The van der Waals surface area contributed by atoms with E-state index in [-0.39, 0.29) is 0 Å². The maximum atomic E-state index is 5.68. The quantitative estimate of drug-likeness (QED) is 0.578. The molecule has 6 heteroatoms. The fourth-order valence-electron chi connectivity index (χ4n) is 2.84. The lowest BCUT2D eigenvalue weighted by atomic mass is 10.1. The molecule has 130 valence electrons. The molecule has 0 fully saturated rings. The number of nitrogens with two attached hydrogens (primary N) is 1. The highest BCUT2D eigenvalue weighted by molar-refractivity contribution is 5.74. The Kier molecular flexibility index (Phi) is 4.25. The van der Waals surface area contributed by atoms with E-state index in [1.807, 2.05) is 53.2 Å². The summed E-state index contributed by atoms with van der Waals surface area (Å²) in [4.78, 5) is 9.05. The smallest absolute Gasteiger partial charge is 0.180 e. The van der Waals surface area contributed by atoms with Gasteiger partial charge in [0.15, 0.2) is 11.5 Å². The fraction of sp³-hybridized carbons (Fsp3) is 0.100. The minimum absolute atomic E-state index is 0.531. The first-order valence-electron chi connectivity index (χ1n) is 8.31. The van der Waals surface area contributed by atoms with Crippen molar-refractivity contribution in [1.82, 2.24) is 14.4 Å². The Morgan fingerprint density at radius 3 is 2.50 bits per heavy atom. The standard InChI is InChI=1S/C20H19N5O/c1-26-17-8-6-16(7-9-17)24-19-20-22-10-11-25(20)18(13-23-19)15-4-2-14(12-21)3-5-15/h2-11,13H,12,21H2,1H3,(H,23,24). The number of imidazole rings is 1. The third kappa shape index (κ3) is 2.98. The molecular formula is C20H19N5O. The van der Waals surface area contributed by atoms with Crippen molar-refractivity contribution < 1.29 is 4.74 Å². The van der Waals surface area contributed by atoms with Crippen LogP contribution in [0.25, 0.3) is 16.9 Å². The van der Waals surface area contributed by atoms with Crippen LogP contribution in [0.5, 0.6) is 5.75 Å². The van der Waals surface area contributed by atoms with Gasteiger partial charge in [0.05, 0.1) is 19.0 Å². The highest BCUT2D eigenvalue weighted by Gasteiger charge is 2.10. The van der Waals surface area contributed by atoms with Gasteiger partial charge in [-0.15, -0.1) is 0 Å². The summed E-state index contributed by atoms with van der Waals surface area (Å²) in [5, 5.41) is 3.31. The molecule has 6 nitrogen and oxygen atoms in total. The van der Waals surface area contributed by atoms with E-state index < -0.39 is 0 Å². The predicted molar refractivity (Wildman–Crippen MR) is 103 cm³/mol. The highest BCUT2D eigenvalue weighted by atomic mass is 16.5. The summed E-state index contributed by atoms with van der Waals surface area (Å²) in [5.41, 5.74) is 10.5. The van der Waals surface area contributed by atoms with E-state index in [4.69, 9.17) is 10.5 Å². The van der Waals surface area contributed by atoms with Crippen molar-refractivity contribution in [2.45, 2.75) is 6.54 Å². The van der Waals surface area contributed by atoms with Gasteiger partial charge in [-0.2, -0.15) is 0 Å². The normalized spacial score (nSPS) is 10.8. The number of hydrogen-bond acceptors (Lipinski definition) is 5. The molecule has 0 atom stereocenters. The number of ether oxygens (including phenoxy) is 1. The van der Waals surface area contributed by atoms with Crippen LogP contribution >= 0.6 is 0 Å². The number of fused-ring (bicyclic) bond motifs is 1. The van der Waals surface area contributed by atoms with Crippen molar-refractivity contribution >= 4 is 17.2 Å². The van der Waals surface area contributed by atoms with E-state index in [1.165, 1.54) is 0 Å². The average Bonchev–Trinajstić information content (AvgIpc) is 3.19. The molecule has 2 aromatic heterocycles. The van der Waals surface area contributed by atoms with Gasteiger partial charge in [0.1, 0.15) is 5.75 Å². The Morgan fingerprint density at radius 2 is 1.81 bits per heavy atom. The average molecular weight is 345 g/mol. The number of aromatic nitrogens is 3. The maximum Gasteiger partial charge on any atom is 0.180 e. The van der Waals surface area contributed by atoms with Gasteiger partial charge in [-0.3, -0.25) is 4.40 Å². The van der Waals surface area contributed by atoms with Crippen LogP contribution < -0.4 is 15.8 Å². The molecule has 0 spiro atoms. The fourth-order valence-corrected chi connectivity index (χ4v) is 2.84. The molecule has 4 rings (SSSR count). The zero-order valence-corrected chi connectivity index (χ0v) is 14.4. The van der Waals surface area contributed by atoms with Gasteiger partial charge in [-0.25, -0.2) is 9.97 Å². The van der Waals surface area contributed by atoms with Gasteiger partial charge in [0.2, 0.25) is 0 Å². The molecule has 0 saturated heterocycles. The first-order valence-corrected chi connectivity index (χ1v) is 8.31. The van der Waals surface area contributed by atoms with Crippen molar-refractivity contribution in [1.29, 1.82) is 0 Å². The zero-order valence-electron chi connectivity index (χ0n) is 14.4. The lowest BCUT2D eigenvalue weighted by molar-refractivity contribution is 0.415. The molecule has 2 heterocycles. The molecule has 0 unspecified atom stereocenters. The number of hydrogen-bond donors (Lipinski definition) is 2. The van der Waals surface area contributed by atoms with E-state index in [0.29, 0.717) is 12.4 Å². The number of nitrogens with one attached hydrogen (secondary N) is 1. The van der Waals surface area contributed by atoms with Crippen LogP contribution in [0, 0.1) is 0 Å². The molecule has 0 saturated carbocycles. The number of methoxy groups -OCH3 is 1. The SMILES string of the molecule is COc1ccc(Nc2ncc(-c3ccc(CN)cc3)n3ccnc23)cc1. The summed E-state index contributed by atoms with van der Waals surface area (Å²) in [6, 6.07) is 15.9. The summed E-state index contributed by atoms with van der Waals surface area (Å²) in [7, 11) is 1.65. The van der Waals surface area contributed by atoms with Crippen LogP contribution in [0.1, 0.15) is 5.56 Å². The van der Waals surface area contributed by atoms with Crippen LogP contribution in [-0.2, 0) is 6.54 Å². The van der Waals surface area contributed by atoms with Gasteiger partial charge in [-0.05, 0) is 29.8 Å². The second-order valence-corrected chi connectivity index (χ2v) is 5.87. The van der Waals surface area contributed by atoms with Gasteiger partial charge < -0.3 is 15.8 Å². The minimum Gasteiger partial charge on any atom is -0.497 e. The van der Waals surface area contributed by atoms with Crippen molar-refractivity contribution in [3.63, 3.8) is 0 Å². The molecule has 0 radical (unpaired) electrons. The van der Waals surface area contributed by atoms with Crippen molar-refractivity contribution in [3.05, 3.63) is 72.7 Å². The van der Waals surface area contributed by atoms with E-state index in [2.05, 4.69) is 27.4 Å². The number of rotatable bonds is 5. The highest BCUT2D eigenvalue weighted by Crippen LogP contribution is 2.26. The molecule has 2 aromatic carbocycles. The molecule has 0 amide bonds. The van der Waals surface area contributed by atoms with E-state index in [0.717, 1.165) is 33.9 Å². The predicted octanol–water partition coefficient (Wildman–Crippen LogP) is 3.61. The molecular weight excluding hydrogens is 326 g/mol. The molecule has 0 aliphatic rings. The Morgan fingerprint density at radius 1 is 1.04 bits per heavy atom. The van der Waals surface area contributed by atoms with Crippen LogP contribution in [0.15, 0.2) is 67.1 Å². The summed E-state index contributed by atoms with van der Waals surface area (Å²) in [6.07, 6.45) is 5.55. The number of anilines is 2. The third-order valence-electron chi connectivity index (χ3n) is 4.27. The summed E-state index contributed by atoms with van der Waals surface area (Å²) >= 11 is 0. The van der Waals surface area contributed by atoms with Crippen LogP contribution in [0.4, 0.5) is 11.5 Å². The largest absolute Gasteiger partial charge is 0.497 e. The minimum atomic E-state index is 0.531. The van der Waals surface area contributed by atoms with Gasteiger partial charge in [0, 0.05) is 30.2 Å². The Labute approximate surface area is 151 Å². The lowest BCUT2D eigenvalue weighted by Crippen LogP contribution is -2.01. The molecule has 3 N–H and O–H groups in total. The topological polar surface area (TPSA) is 77.5 Å². The Balaban J connectivity index is 1.70. The number of nitrogens with zero attached hydrogens (tertiary/aromatic N) is 3. The van der Waals surface area contributed by atoms with Gasteiger partial charge in [-0.1, -0.05) is 24.3 Å². The molecule has 0 bridgehead atoms. The zero-order chi connectivity index (χ0) is 17.9. The summed E-state index contributed by atoms with van der Waals surface area (Å²) in [5.74, 6) is 1.51. The molecule has 4 aromatic rings.